The summed E-state index contributed by atoms with van der Waals surface area (Å²) < 4.78 is 12.3. The van der Waals surface area contributed by atoms with Crippen LogP contribution < -0.4 is 15.0 Å². The minimum absolute atomic E-state index is 0.212. The fraction of sp³-hybridized carbons (Fsp3) is 0.150. The van der Waals surface area contributed by atoms with Crippen molar-refractivity contribution < 1.29 is 9.47 Å². The second-order valence-electron chi connectivity index (χ2n) is 5.97. The smallest absolute Gasteiger partial charge is 0.259 e. The number of nitrogens with one attached hydrogen (secondary N) is 1. The Labute approximate surface area is 163 Å². The molecule has 3 aromatic rings. The van der Waals surface area contributed by atoms with Gasteiger partial charge in [-0.25, -0.2) is 4.98 Å². The predicted octanol–water partition coefficient (Wildman–Crippen LogP) is 3.91. The lowest BCUT2D eigenvalue weighted by atomic mass is 10.1. The molecule has 0 saturated heterocycles. The van der Waals surface area contributed by atoms with Crippen LogP contribution in [0.4, 0.5) is 0 Å². The Bertz CT molecular complexity index is 1160. The number of rotatable bonds is 2. The van der Waals surface area contributed by atoms with Gasteiger partial charge in [-0.05, 0) is 30.3 Å². The number of aromatic amines is 1. The van der Waals surface area contributed by atoms with Crippen molar-refractivity contribution in [1.82, 2.24) is 9.97 Å². The summed E-state index contributed by atoms with van der Waals surface area (Å²) in [6.07, 6.45) is 2.44. The number of allylic oxidation sites excluding steroid dienone is 1. The highest BCUT2D eigenvalue weighted by Gasteiger charge is 2.15. The van der Waals surface area contributed by atoms with E-state index in [-0.39, 0.29) is 17.0 Å². The van der Waals surface area contributed by atoms with E-state index in [0.717, 1.165) is 10.9 Å². The van der Waals surface area contributed by atoms with Gasteiger partial charge in [0.15, 0.2) is 17.3 Å². The van der Waals surface area contributed by atoms with Crippen LogP contribution in [0.25, 0.3) is 22.6 Å². The van der Waals surface area contributed by atoms with Gasteiger partial charge in [0.05, 0.1) is 29.7 Å². The third-order valence-electron chi connectivity index (χ3n) is 4.14. The molecule has 4 rings (SSSR count). The molecule has 2 aromatic carbocycles. The molecule has 0 amide bonds. The fourth-order valence-corrected chi connectivity index (χ4v) is 3.24. The number of H-pyrrole nitrogens is 1. The van der Waals surface area contributed by atoms with Crippen molar-refractivity contribution in [2.24, 2.45) is 0 Å². The van der Waals surface area contributed by atoms with Gasteiger partial charge in [-0.1, -0.05) is 28.1 Å². The summed E-state index contributed by atoms with van der Waals surface area (Å²) in [5.41, 5.74) is 1.15. The van der Waals surface area contributed by atoms with Gasteiger partial charge in [0.25, 0.3) is 5.56 Å². The van der Waals surface area contributed by atoms with Gasteiger partial charge >= 0.3 is 0 Å². The number of para-hydroxylation sites is 1. The van der Waals surface area contributed by atoms with Gasteiger partial charge in [0, 0.05) is 16.5 Å². The van der Waals surface area contributed by atoms with E-state index in [9.17, 15) is 10.1 Å². The standard InChI is InChI=1S/C20H14BrN3O3/c21-14-5-6-16-15(10-14)20(25)24-19(23-16)13(11-22)9-12-3-1-4-17-18(12)27-8-2-7-26-17/h1,3-6,9-10H,2,7-8H2,(H,23,24,25). The number of nitrogens with zero attached hydrogens (tertiary/aromatic N) is 2. The molecule has 0 saturated carbocycles. The summed E-state index contributed by atoms with van der Waals surface area (Å²) in [4.78, 5) is 19.5. The lowest BCUT2D eigenvalue weighted by Crippen LogP contribution is -2.11. The van der Waals surface area contributed by atoms with Crippen molar-refractivity contribution in [2.45, 2.75) is 6.42 Å². The monoisotopic (exact) mass is 423 g/mol. The first-order valence-corrected chi connectivity index (χ1v) is 9.15. The van der Waals surface area contributed by atoms with E-state index in [1.165, 1.54) is 0 Å². The van der Waals surface area contributed by atoms with Crippen molar-refractivity contribution in [3.05, 3.63) is 62.6 Å². The van der Waals surface area contributed by atoms with E-state index in [2.05, 4.69) is 32.0 Å². The van der Waals surface area contributed by atoms with Crippen molar-refractivity contribution in [3.8, 4) is 17.6 Å². The fourth-order valence-electron chi connectivity index (χ4n) is 2.88. The molecule has 0 aliphatic carbocycles. The van der Waals surface area contributed by atoms with E-state index in [1.54, 1.807) is 24.3 Å². The molecule has 0 unspecified atom stereocenters. The molecule has 1 aliphatic rings. The predicted molar refractivity (Wildman–Crippen MR) is 106 cm³/mol. The normalized spacial score (nSPS) is 13.9. The number of halogens is 1. The average Bonchev–Trinajstić information content (AvgIpc) is 2.92. The molecular formula is C20H14BrN3O3. The van der Waals surface area contributed by atoms with E-state index < -0.39 is 0 Å². The molecule has 7 heteroatoms. The molecule has 27 heavy (non-hydrogen) atoms. The first kappa shape index (κ1) is 17.3. The number of nitriles is 1. The SMILES string of the molecule is N#CC(=Cc1cccc2c1OCCCO2)c1nc2ccc(Br)cc2c(=O)[nH]1. The van der Waals surface area contributed by atoms with E-state index in [4.69, 9.17) is 9.47 Å². The number of aromatic nitrogens is 2. The molecule has 6 nitrogen and oxygen atoms in total. The number of hydrogen-bond donors (Lipinski definition) is 1. The first-order chi connectivity index (χ1) is 13.2. The summed E-state index contributed by atoms with van der Waals surface area (Å²) in [5.74, 6) is 1.45. The molecule has 0 atom stereocenters. The summed E-state index contributed by atoms with van der Waals surface area (Å²) in [6, 6.07) is 12.9. The van der Waals surface area contributed by atoms with Gasteiger partial charge in [0.2, 0.25) is 0 Å². The highest BCUT2D eigenvalue weighted by Crippen LogP contribution is 2.35. The summed E-state index contributed by atoms with van der Waals surface area (Å²) in [5, 5.41) is 10.1. The molecule has 2 heterocycles. The van der Waals surface area contributed by atoms with Gasteiger partial charge in [0.1, 0.15) is 6.07 Å². The molecule has 0 spiro atoms. The number of ether oxygens (including phenoxy) is 2. The number of benzene rings is 2. The maximum Gasteiger partial charge on any atom is 0.259 e. The van der Waals surface area contributed by atoms with Crippen LogP contribution in [0.2, 0.25) is 0 Å². The van der Waals surface area contributed by atoms with Crippen LogP contribution >= 0.6 is 15.9 Å². The summed E-state index contributed by atoms with van der Waals surface area (Å²) >= 11 is 3.34. The first-order valence-electron chi connectivity index (χ1n) is 8.36. The van der Waals surface area contributed by atoms with Gasteiger partial charge in [-0.3, -0.25) is 4.79 Å². The number of fused-ring (bicyclic) bond motifs is 2. The number of hydrogen-bond acceptors (Lipinski definition) is 5. The minimum Gasteiger partial charge on any atom is -0.490 e. The Kier molecular flexibility index (Phi) is 4.65. The zero-order chi connectivity index (χ0) is 18.8. The molecule has 0 bridgehead atoms. The van der Waals surface area contributed by atoms with E-state index in [1.807, 2.05) is 18.2 Å². The Hall–Kier alpha value is -3.11. The molecule has 134 valence electrons. The largest absolute Gasteiger partial charge is 0.490 e. The van der Waals surface area contributed by atoms with E-state index >= 15 is 0 Å². The highest BCUT2D eigenvalue weighted by atomic mass is 79.9. The third-order valence-corrected chi connectivity index (χ3v) is 4.64. The van der Waals surface area contributed by atoms with Gasteiger partial charge < -0.3 is 14.5 Å². The molecule has 0 fully saturated rings. The van der Waals surface area contributed by atoms with Gasteiger partial charge in [-0.15, -0.1) is 0 Å². The van der Waals surface area contributed by atoms with Crippen LogP contribution in [-0.4, -0.2) is 23.2 Å². The Morgan fingerprint density at radius 3 is 2.96 bits per heavy atom. The second-order valence-corrected chi connectivity index (χ2v) is 6.89. The Morgan fingerprint density at radius 1 is 1.26 bits per heavy atom. The maximum absolute atomic E-state index is 12.4. The molecular weight excluding hydrogens is 410 g/mol. The van der Waals surface area contributed by atoms with E-state index in [0.29, 0.717) is 41.2 Å². The van der Waals surface area contributed by atoms with Crippen LogP contribution in [0.3, 0.4) is 0 Å². The molecule has 1 aromatic heterocycles. The molecule has 1 N–H and O–H groups in total. The quantitative estimate of drug-likeness (QED) is 0.631. The Balaban J connectivity index is 1.84. The van der Waals surface area contributed by atoms with Crippen LogP contribution in [0, 0.1) is 11.3 Å². The van der Waals surface area contributed by atoms with Crippen molar-refractivity contribution in [2.75, 3.05) is 13.2 Å². The van der Waals surface area contributed by atoms with Crippen molar-refractivity contribution >= 4 is 38.5 Å². The molecule has 0 radical (unpaired) electrons. The lowest BCUT2D eigenvalue weighted by molar-refractivity contribution is 0.296. The average molecular weight is 424 g/mol. The van der Waals surface area contributed by atoms with Crippen molar-refractivity contribution in [3.63, 3.8) is 0 Å². The molecule has 1 aliphatic heterocycles. The zero-order valence-corrected chi connectivity index (χ0v) is 15.7. The van der Waals surface area contributed by atoms with Gasteiger partial charge in [-0.2, -0.15) is 5.26 Å². The topological polar surface area (TPSA) is 88.0 Å². The minimum atomic E-state index is -0.302. The second kappa shape index (κ2) is 7.25. The third kappa shape index (κ3) is 3.44. The summed E-state index contributed by atoms with van der Waals surface area (Å²) in [7, 11) is 0. The Morgan fingerprint density at radius 2 is 2.11 bits per heavy atom. The zero-order valence-electron chi connectivity index (χ0n) is 14.2. The highest BCUT2D eigenvalue weighted by molar-refractivity contribution is 9.10. The summed E-state index contributed by atoms with van der Waals surface area (Å²) in [6.45, 7) is 1.13. The van der Waals surface area contributed by atoms with Crippen LogP contribution in [0.5, 0.6) is 11.5 Å². The van der Waals surface area contributed by atoms with Crippen molar-refractivity contribution in [1.29, 1.82) is 5.26 Å². The van der Waals surface area contributed by atoms with Crippen LogP contribution in [-0.2, 0) is 0 Å². The maximum atomic E-state index is 12.4. The van der Waals surface area contributed by atoms with Crippen LogP contribution in [0.1, 0.15) is 17.8 Å². The van der Waals surface area contributed by atoms with Crippen LogP contribution in [0.15, 0.2) is 45.7 Å². The lowest BCUT2D eigenvalue weighted by Gasteiger charge is -2.10.